The Morgan fingerprint density at radius 1 is 0.160 bits per heavy atom. The van der Waals surface area contributed by atoms with Gasteiger partial charge in [-0.05, 0) is 171 Å². The molecule has 0 spiro atoms. The van der Waals surface area contributed by atoms with Crippen molar-refractivity contribution in [1.29, 1.82) is 0 Å². The van der Waals surface area contributed by atoms with E-state index in [2.05, 4.69) is 302 Å². The highest BCUT2D eigenvalue weighted by molar-refractivity contribution is 6.24. The van der Waals surface area contributed by atoms with Gasteiger partial charge in [0.25, 0.3) is 0 Å². The summed E-state index contributed by atoms with van der Waals surface area (Å²) < 4.78 is 2.52. The van der Waals surface area contributed by atoms with Gasteiger partial charge in [0.2, 0.25) is 0 Å². The smallest absolute Gasteiger partial charge is 0.0547 e. The van der Waals surface area contributed by atoms with Gasteiger partial charge in [-0.2, -0.15) is 0 Å². The molecule has 1 aromatic heterocycles. The highest BCUT2D eigenvalue weighted by Gasteiger charge is 2.25. The van der Waals surface area contributed by atoms with Crippen molar-refractivity contribution in [2.75, 3.05) is 0 Å². The quantitative estimate of drug-likeness (QED) is 0.127. The molecular weight excluding hydrogens is 903 g/mol. The van der Waals surface area contributed by atoms with Crippen molar-refractivity contribution in [3.05, 3.63) is 297 Å². The largest absolute Gasteiger partial charge is 0.309 e. The van der Waals surface area contributed by atoms with Gasteiger partial charge in [-0.3, -0.25) is 0 Å². The lowest BCUT2D eigenvalue weighted by molar-refractivity contribution is 1.10. The van der Waals surface area contributed by atoms with Gasteiger partial charge in [0.05, 0.1) is 11.4 Å². The number of para-hydroxylation sites is 1. The van der Waals surface area contributed by atoms with Crippen LogP contribution in [0.1, 0.15) is 0 Å². The first-order valence-electron chi connectivity index (χ1n) is 25.9. The maximum absolute atomic E-state index is 2.52. The number of nitrogens with zero attached hydrogens (tertiary/aromatic N) is 1. The van der Waals surface area contributed by atoms with Crippen LogP contribution in [0.25, 0.3) is 138 Å². The molecule has 350 valence electrons. The minimum absolute atomic E-state index is 1.10. The minimum Gasteiger partial charge on any atom is -0.309 e. The molecule has 0 fully saturated rings. The molecule has 1 heterocycles. The highest BCUT2D eigenvalue weighted by atomic mass is 15.0. The normalized spacial score (nSPS) is 11.5. The average molecular weight is 952 g/mol. The van der Waals surface area contributed by atoms with E-state index in [-0.39, 0.29) is 0 Å². The van der Waals surface area contributed by atoms with Crippen molar-refractivity contribution < 1.29 is 0 Å². The molecule has 0 saturated carbocycles. The standard InChI is InChI=1S/C74H49N/c1-6-24-50(25-7-1)54-44-55(51-26-8-2-9-27-51)47-58(46-54)71-61-34-16-20-38-65(61)73(66-39-21-17-35-62(66)71)69-42-43-70(75(69)60-32-14-5-15-33-60)74-67-40-22-18-36-63(67)72(64-37-19-23-41-68(64)74)59-48-56(52-28-10-3-11-29-52)45-57(49-59)53-30-12-4-13-31-53/h1-49H. The Kier molecular flexibility index (Phi) is 10.9. The predicted octanol–water partition coefficient (Wildman–Crippen LogP) is 20.4. The number of fused-ring (bicyclic) bond motifs is 4. The zero-order chi connectivity index (χ0) is 49.7. The third-order valence-electron chi connectivity index (χ3n) is 15.1. The first-order valence-corrected chi connectivity index (χ1v) is 25.9. The van der Waals surface area contributed by atoms with E-state index in [0.717, 1.165) is 17.1 Å². The lowest BCUT2D eigenvalue weighted by atomic mass is 9.85. The van der Waals surface area contributed by atoms with Gasteiger partial charge in [-0.1, -0.05) is 237 Å². The number of hydrogen-bond donors (Lipinski definition) is 0. The molecule has 13 aromatic carbocycles. The van der Waals surface area contributed by atoms with Gasteiger partial charge in [0, 0.05) is 16.8 Å². The topological polar surface area (TPSA) is 4.93 Å². The molecule has 75 heavy (non-hydrogen) atoms. The van der Waals surface area contributed by atoms with E-state index >= 15 is 0 Å². The molecule has 0 saturated heterocycles. The van der Waals surface area contributed by atoms with Crippen LogP contribution in [-0.2, 0) is 0 Å². The summed E-state index contributed by atoms with van der Waals surface area (Å²) in [5.74, 6) is 0. The molecule has 0 aliphatic carbocycles. The van der Waals surface area contributed by atoms with Gasteiger partial charge in [-0.15, -0.1) is 0 Å². The van der Waals surface area contributed by atoms with Crippen LogP contribution >= 0.6 is 0 Å². The molecule has 1 nitrogen and oxygen atoms in total. The summed E-state index contributed by atoms with van der Waals surface area (Å²) in [4.78, 5) is 0. The SMILES string of the molecule is c1ccc(-c2cc(-c3ccccc3)cc(-c3c4ccccc4c(-c4ccc(-c5c6ccccc6c(-c6cc(-c7ccccc7)cc(-c7ccccc7)c6)c6ccccc56)n4-c4ccccc4)c4ccccc34)c2)cc1. The van der Waals surface area contributed by atoms with E-state index in [9.17, 15) is 0 Å². The van der Waals surface area contributed by atoms with Gasteiger partial charge < -0.3 is 4.57 Å². The van der Waals surface area contributed by atoms with Gasteiger partial charge in [0.15, 0.2) is 0 Å². The molecule has 0 aliphatic heterocycles. The number of rotatable bonds is 9. The van der Waals surface area contributed by atoms with Crippen molar-refractivity contribution >= 4 is 43.1 Å². The molecule has 0 unspecified atom stereocenters. The van der Waals surface area contributed by atoms with Crippen LogP contribution in [0, 0.1) is 0 Å². The molecule has 0 aliphatic rings. The Bertz CT molecular complexity index is 3920. The molecule has 14 rings (SSSR count). The summed E-state index contributed by atoms with van der Waals surface area (Å²) in [6.45, 7) is 0. The maximum atomic E-state index is 2.52. The fourth-order valence-corrected chi connectivity index (χ4v) is 11.8. The molecule has 0 N–H and O–H groups in total. The molecule has 0 radical (unpaired) electrons. The fraction of sp³-hybridized carbons (Fsp3) is 0. The first-order chi connectivity index (χ1) is 37.2. The van der Waals surface area contributed by atoms with Crippen molar-refractivity contribution in [2.24, 2.45) is 0 Å². The number of aromatic nitrogens is 1. The second-order valence-corrected chi connectivity index (χ2v) is 19.5. The van der Waals surface area contributed by atoms with Crippen LogP contribution in [0.5, 0.6) is 0 Å². The van der Waals surface area contributed by atoms with Crippen molar-refractivity contribution in [1.82, 2.24) is 4.57 Å². The van der Waals surface area contributed by atoms with E-state index in [1.807, 2.05) is 0 Å². The van der Waals surface area contributed by atoms with Crippen molar-refractivity contribution in [3.8, 4) is 95.0 Å². The van der Waals surface area contributed by atoms with Crippen LogP contribution < -0.4 is 0 Å². The number of hydrogen-bond acceptors (Lipinski definition) is 0. The molecular formula is C74H49N. The zero-order valence-corrected chi connectivity index (χ0v) is 41.2. The fourth-order valence-electron chi connectivity index (χ4n) is 11.8. The second kappa shape index (κ2) is 18.7. The lowest BCUT2D eigenvalue weighted by Crippen LogP contribution is -2.02. The van der Waals surface area contributed by atoms with Crippen LogP contribution in [-0.4, -0.2) is 4.57 Å². The average Bonchev–Trinajstić information content (AvgIpc) is 3.94. The number of benzene rings is 13. The van der Waals surface area contributed by atoms with E-state index in [4.69, 9.17) is 0 Å². The van der Waals surface area contributed by atoms with Crippen LogP contribution in [0.15, 0.2) is 297 Å². The van der Waals surface area contributed by atoms with E-state index in [0.29, 0.717) is 0 Å². The highest BCUT2D eigenvalue weighted by Crippen LogP contribution is 2.50. The Morgan fingerprint density at radius 3 is 0.640 bits per heavy atom. The van der Waals surface area contributed by atoms with Gasteiger partial charge in [-0.25, -0.2) is 0 Å². The van der Waals surface area contributed by atoms with E-state index < -0.39 is 0 Å². The summed E-state index contributed by atoms with van der Waals surface area (Å²) in [7, 11) is 0. The van der Waals surface area contributed by atoms with Crippen LogP contribution in [0.3, 0.4) is 0 Å². The van der Waals surface area contributed by atoms with E-state index in [1.165, 1.54) is 121 Å². The van der Waals surface area contributed by atoms with Crippen LogP contribution in [0.2, 0.25) is 0 Å². The molecule has 0 amide bonds. The van der Waals surface area contributed by atoms with Crippen molar-refractivity contribution in [2.45, 2.75) is 0 Å². The summed E-state index contributed by atoms with van der Waals surface area (Å²) in [5, 5.41) is 9.68. The summed E-state index contributed by atoms with van der Waals surface area (Å²) in [6.07, 6.45) is 0. The van der Waals surface area contributed by atoms with Gasteiger partial charge in [0.1, 0.15) is 0 Å². The van der Waals surface area contributed by atoms with Crippen LogP contribution in [0.4, 0.5) is 0 Å². The monoisotopic (exact) mass is 951 g/mol. The lowest BCUT2D eigenvalue weighted by Gasteiger charge is -2.22. The predicted molar refractivity (Wildman–Crippen MR) is 319 cm³/mol. The van der Waals surface area contributed by atoms with E-state index in [1.54, 1.807) is 0 Å². The maximum Gasteiger partial charge on any atom is 0.0547 e. The minimum atomic E-state index is 1.10. The summed E-state index contributed by atoms with van der Waals surface area (Å²) in [6, 6.07) is 109. The molecule has 14 aromatic rings. The zero-order valence-electron chi connectivity index (χ0n) is 41.2. The third kappa shape index (κ3) is 7.73. The molecule has 1 heteroatoms. The van der Waals surface area contributed by atoms with Gasteiger partial charge >= 0.3 is 0 Å². The Morgan fingerprint density at radius 2 is 0.373 bits per heavy atom. The summed E-state index contributed by atoms with van der Waals surface area (Å²) in [5.41, 5.74) is 20.2. The Balaban J connectivity index is 1.04. The first kappa shape index (κ1) is 43.9. The van der Waals surface area contributed by atoms with Crippen molar-refractivity contribution in [3.63, 3.8) is 0 Å². The Hall–Kier alpha value is -9.82. The third-order valence-corrected chi connectivity index (χ3v) is 15.1. The molecule has 0 atom stereocenters. The second-order valence-electron chi connectivity index (χ2n) is 19.5. The summed E-state index contributed by atoms with van der Waals surface area (Å²) >= 11 is 0. The molecule has 0 bridgehead atoms. The Labute approximate surface area is 437 Å².